The number of aryl methyl sites for hydroxylation is 1. The molecule has 17 heavy (non-hydrogen) atoms. The molecule has 1 aliphatic carbocycles. The Morgan fingerprint density at radius 2 is 2.18 bits per heavy atom. The number of nitrogens with zero attached hydrogens (tertiary/aromatic N) is 2. The van der Waals surface area contributed by atoms with Crippen molar-refractivity contribution in [3.8, 4) is 0 Å². The van der Waals surface area contributed by atoms with Gasteiger partial charge in [0.15, 0.2) is 0 Å². The van der Waals surface area contributed by atoms with E-state index < -0.39 is 0 Å². The fourth-order valence-electron chi connectivity index (χ4n) is 2.17. The number of rotatable bonds is 1. The zero-order chi connectivity index (χ0) is 11.8. The first-order chi connectivity index (χ1) is 8.24. The fourth-order valence-corrected chi connectivity index (χ4v) is 2.34. The SMILES string of the molecule is Cc1cccnc1C1=Cc2cc(Cl)ncc2C1. The fraction of sp³-hybridized carbons (Fsp3) is 0.143. The molecular weight excluding hydrogens is 232 g/mol. The van der Waals surface area contributed by atoms with Crippen LogP contribution in [0.1, 0.15) is 22.4 Å². The third-order valence-corrected chi connectivity index (χ3v) is 3.22. The van der Waals surface area contributed by atoms with Crippen LogP contribution in [0, 0.1) is 6.92 Å². The molecule has 1 aliphatic rings. The second-order valence-corrected chi connectivity index (χ2v) is 4.61. The zero-order valence-corrected chi connectivity index (χ0v) is 10.2. The molecule has 0 atom stereocenters. The van der Waals surface area contributed by atoms with Gasteiger partial charge in [0, 0.05) is 18.8 Å². The molecule has 0 aliphatic heterocycles. The zero-order valence-electron chi connectivity index (χ0n) is 9.44. The van der Waals surface area contributed by atoms with E-state index in [0.29, 0.717) is 5.15 Å². The maximum atomic E-state index is 5.89. The minimum Gasteiger partial charge on any atom is -0.256 e. The van der Waals surface area contributed by atoms with Gasteiger partial charge in [-0.25, -0.2) is 4.98 Å². The molecule has 0 spiro atoms. The number of halogens is 1. The predicted molar refractivity (Wildman–Crippen MR) is 69.8 cm³/mol. The molecular formula is C14H11ClN2. The molecule has 0 unspecified atom stereocenters. The van der Waals surface area contributed by atoms with Crippen molar-refractivity contribution in [3.05, 3.63) is 58.1 Å². The van der Waals surface area contributed by atoms with Crippen molar-refractivity contribution in [1.82, 2.24) is 9.97 Å². The largest absolute Gasteiger partial charge is 0.256 e. The highest BCUT2D eigenvalue weighted by Gasteiger charge is 2.16. The second-order valence-electron chi connectivity index (χ2n) is 4.22. The highest BCUT2D eigenvalue weighted by Crippen LogP contribution is 2.32. The molecule has 0 aromatic carbocycles. The van der Waals surface area contributed by atoms with E-state index in [9.17, 15) is 0 Å². The van der Waals surface area contributed by atoms with Crippen LogP contribution in [0.4, 0.5) is 0 Å². The topological polar surface area (TPSA) is 25.8 Å². The summed E-state index contributed by atoms with van der Waals surface area (Å²) in [5, 5.41) is 0.541. The summed E-state index contributed by atoms with van der Waals surface area (Å²) in [5.41, 5.74) is 5.88. The van der Waals surface area contributed by atoms with Crippen molar-refractivity contribution in [3.63, 3.8) is 0 Å². The number of fused-ring (bicyclic) bond motifs is 1. The molecule has 2 heterocycles. The number of hydrogen-bond acceptors (Lipinski definition) is 2. The lowest BCUT2D eigenvalue weighted by Gasteiger charge is -2.04. The third-order valence-electron chi connectivity index (χ3n) is 3.01. The van der Waals surface area contributed by atoms with Crippen molar-refractivity contribution in [2.45, 2.75) is 13.3 Å². The Bertz CT molecular complexity index is 617. The molecule has 0 N–H and O–H groups in total. The van der Waals surface area contributed by atoms with E-state index in [1.54, 1.807) is 0 Å². The minimum absolute atomic E-state index is 0.541. The lowest BCUT2D eigenvalue weighted by Crippen LogP contribution is -1.93. The van der Waals surface area contributed by atoms with E-state index in [4.69, 9.17) is 11.6 Å². The van der Waals surface area contributed by atoms with Gasteiger partial charge in [-0.3, -0.25) is 4.98 Å². The van der Waals surface area contributed by atoms with Gasteiger partial charge >= 0.3 is 0 Å². The molecule has 0 bridgehead atoms. The number of allylic oxidation sites excluding steroid dienone is 1. The van der Waals surface area contributed by atoms with Crippen molar-refractivity contribution in [1.29, 1.82) is 0 Å². The van der Waals surface area contributed by atoms with Crippen LogP contribution in [-0.2, 0) is 6.42 Å². The number of aromatic nitrogens is 2. The van der Waals surface area contributed by atoms with Crippen LogP contribution in [0.25, 0.3) is 11.6 Å². The van der Waals surface area contributed by atoms with Gasteiger partial charge in [0.2, 0.25) is 0 Å². The van der Waals surface area contributed by atoms with E-state index in [1.807, 2.05) is 24.5 Å². The van der Waals surface area contributed by atoms with E-state index >= 15 is 0 Å². The first-order valence-corrected chi connectivity index (χ1v) is 5.89. The normalized spacial score (nSPS) is 13.4. The van der Waals surface area contributed by atoms with Crippen molar-refractivity contribution < 1.29 is 0 Å². The summed E-state index contributed by atoms with van der Waals surface area (Å²) in [5.74, 6) is 0. The highest BCUT2D eigenvalue weighted by atomic mass is 35.5. The van der Waals surface area contributed by atoms with Gasteiger partial charge in [-0.15, -0.1) is 0 Å². The quantitative estimate of drug-likeness (QED) is 0.715. The highest BCUT2D eigenvalue weighted by molar-refractivity contribution is 6.29. The molecule has 0 saturated carbocycles. The van der Waals surface area contributed by atoms with E-state index in [1.165, 1.54) is 16.7 Å². The van der Waals surface area contributed by atoms with Gasteiger partial charge in [0.05, 0.1) is 5.69 Å². The van der Waals surface area contributed by atoms with Gasteiger partial charge in [-0.2, -0.15) is 0 Å². The summed E-state index contributed by atoms with van der Waals surface area (Å²) >= 11 is 5.89. The van der Waals surface area contributed by atoms with Crippen molar-refractivity contribution in [2.24, 2.45) is 0 Å². The molecule has 0 fully saturated rings. The second kappa shape index (κ2) is 3.97. The van der Waals surface area contributed by atoms with Crippen LogP contribution in [0.15, 0.2) is 30.6 Å². The average Bonchev–Trinajstić information content (AvgIpc) is 2.72. The molecule has 3 heteroatoms. The summed E-state index contributed by atoms with van der Waals surface area (Å²) in [6.45, 7) is 2.08. The van der Waals surface area contributed by atoms with Crippen molar-refractivity contribution in [2.75, 3.05) is 0 Å². The predicted octanol–water partition coefficient (Wildman–Crippen LogP) is 3.54. The Balaban J connectivity index is 2.05. The number of pyridine rings is 2. The average molecular weight is 243 g/mol. The molecule has 0 amide bonds. The number of hydrogen-bond donors (Lipinski definition) is 0. The Morgan fingerprint density at radius 3 is 3.00 bits per heavy atom. The van der Waals surface area contributed by atoms with Crippen LogP contribution >= 0.6 is 11.6 Å². The molecule has 2 aromatic rings. The van der Waals surface area contributed by atoms with Crippen LogP contribution < -0.4 is 0 Å². The molecule has 3 rings (SSSR count). The van der Waals surface area contributed by atoms with Gasteiger partial charge in [-0.1, -0.05) is 17.7 Å². The lowest BCUT2D eigenvalue weighted by atomic mass is 10.1. The smallest absolute Gasteiger partial charge is 0.129 e. The maximum absolute atomic E-state index is 5.89. The summed E-state index contributed by atoms with van der Waals surface area (Å²) < 4.78 is 0. The van der Waals surface area contributed by atoms with Crippen LogP contribution in [0.5, 0.6) is 0 Å². The summed E-state index contributed by atoms with van der Waals surface area (Å²) in [6, 6.07) is 5.94. The molecule has 0 saturated heterocycles. The summed E-state index contributed by atoms with van der Waals surface area (Å²) in [6.07, 6.45) is 6.71. The third kappa shape index (κ3) is 1.85. The van der Waals surface area contributed by atoms with E-state index in [2.05, 4.69) is 29.0 Å². The van der Waals surface area contributed by atoms with E-state index in [0.717, 1.165) is 17.7 Å². The van der Waals surface area contributed by atoms with Gasteiger partial charge in [0.25, 0.3) is 0 Å². The summed E-state index contributed by atoms with van der Waals surface area (Å²) in [4.78, 5) is 8.56. The monoisotopic (exact) mass is 242 g/mol. The Labute approximate surface area is 105 Å². The molecule has 2 nitrogen and oxygen atoms in total. The summed E-state index contributed by atoms with van der Waals surface area (Å²) in [7, 11) is 0. The molecule has 84 valence electrons. The van der Waals surface area contributed by atoms with Crippen molar-refractivity contribution >= 4 is 23.3 Å². The van der Waals surface area contributed by atoms with E-state index in [-0.39, 0.29) is 0 Å². The van der Waals surface area contributed by atoms with Crippen LogP contribution in [0.2, 0.25) is 5.15 Å². The van der Waals surface area contributed by atoms with Gasteiger partial charge in [0.1, 0.15) is 5.15 Å². The Kier molecular flexibility index (Phi) is 2.45. The van der Waals surface area contributed by atoms with Crippen LogP contribution in [0.3, 0.4) is 0 Å². The first-order valence-electron chi connectivity index (χ1n) is 5.51. The first kappa shape index (κ1) is 10.5. The van der Waals surface area contributed by atoms with Gasteiger partial charge < -0.3 is 0 Å². The Morgan fingerprint density at radius 1 is 1.29 bits per heavy atom. The molecule has 0 radical (unpaired) electrons. The minimum atomic E-state index is 0.541. The molecule has 2 aromatic heterocycles. The van der Waals surface area contributed by atoms with Gasteiger partial charge in [-0.05, 0) is 47.4 Å². The van der Waals surface area contributed by atoms with Crippen LogP contribution in [-0.4, -0.2) is 9.97 Å². The lowest BCUT2D eigenvalue weighted by molar-refractivity contribution is 1.17. The Hall–Kier alpha value is -1.67. The standard InChI is InChI=1S/C14H11ClN2/c1-9-3-2-4-16-14(9)11-5-10-7-13(15)17-8-12(10)6-11/h2-5,7-8H,6H2,1H3. The maximum Gasteiger partial charge on any atom is 0.129 e.